The fourth-order valence-corrected chi connectivity index (χ4v) is 5.35. The van der Waals surface area contributed by atoms with Crippen LogP contribution in [-0.4, -0.2) is 28.5 Å². The number of Topliss-reactive ketones (excluding diaryl/α,β-unsaturated/α-hetero) is 1. The summed E-state index contributed by atoms with van der Waals surface area (Å²) in [7, 11) is 0. The van der Waals surface area contributed by atoms with Gasteiger partial charge in [0.2, 0.25) is 0 Å². The van der Waals surface area contributed by atoms with Gasteiger partial charge in [-0.05, 0) is 72.7 Å². The van der Waals surface area contributed by atoms with Crippen LogP contribution in [-0.2, 0) is 16.0 Å². The summed E-state index contributed by atoms with van der Waals surface area (Å²) in [6, 6.07) is 12.8. The fourth-order valence-electron chi connectivity index (χ4n) is 4.32. The molecule has 2 aliphatic heterocycles. The van der Waals surface area contributed by atoms with Gasteiger partial charge in [0, 0.05) is 10.4 Å². The number of hydrogen-bond donors (Lipinski definition) is 2. The Labute approximate surface area is 189 Å². The first kappa shape index (κ1) is 20.3. The second-order valence-electron chi connectivity index (χ2n) is 7.90. The predicted octanol–water partition coefficient (Wildman–Crippen LogP) is 4.71. The van der Waals surface area contributed by atoms with Gasteiger partial charge in [-0.2, -0.15) is 0 Å². The Hall–Kier alpha value is -3.58. The lowest BCUT2D eigenvalue weighted by atomic mass is 9.96. The largest absolute Gasteiger partial charge is 0.507 e. The van der Waals surface area contributed by atoms with E-state index in [0.29, 0.717) is 12.2 Å². The van der Waals surface area contributed by atoms with Gasteiger partial charge in [-0.15, -0.1) is 11.3 Å². The molecule has 1 unspecified atom stereocenters. The number of thiophene rings is 1. The van der Waals surface area contributed by atoms with E-state index in [-0.39, 0.29) is 22.8 Å². The second-order valence-corrected chi connectivity index (χ2v) is 8.85. The molecule has 0 aliphatic carbocycles. The fraction of sp³-hybridized carbons (Fsp3) is 0.200. The summed E-state index contributed by atoms with van der Waals surface area (Å²) in [4.78, 5) is 28.4. The molecule has 1 amide bonds. The lowest BCUT2D eigenvalue weighted by molar-refractivity contribution is -0.132. The van der Waals surface area contributed by atoms with Crippen molar-refractivity contribution in [3.05, 3.63) is 81.1 Å². The topological polar surface area (TPSA) is 87.1 Å². The summed E-state index contributed by atoms with van der Waals surface area (Å²) in [5.41, 5.74) is 2.56. The highest BCUT2D eigenvalue weighted by Crippen LogP contribution is 2.47. The Balaban J connectivity index is 1.71. The summed E-state index contributed by atoms with van der Waals surface area (Å²) in [5.74, 6) is -1.13. The summed E-state index contributed by atoms with van der Waals surface area (Å²) >= 11 is 1.40. The summed E-state index contributed by atoms with van der Waals surface area (Å²) in [6.45, 7) is 2.55. The number of ether oxygens (including phenoxy) is 1. The Morgan fingerprint density at radius 1 is 1.16 bits per heavy atom. The van der Waals surface area contributed by atoms with Crippen LogP contribution in [0, 0.1) is 6.92 Å². The summed E-state index contributed by atoms with van der Waals surface area (Å²) in [6.07, 6.45) is 1.69. The first-order chi connectivity index (χ1) is 15.5. The molecule has 0 bridgehead atoms. The molecule has 6 nitrogen and oxygen atoms in total. The SMILES string of the molecule is Cc1ccsc1C1/C(=C(/O)c2ccc3c(c2)CCCO3)C(=O)C(=O)N1c1ccccc1O. The molecule has 1 fully saturated rings. The Morgan fingerprint density at radius 2 is 1.97 bits per heavy atom. The number of hydrogen-bond acceptors (Lipinski definition) is 6. The van der Waals surface area contributed by atoms with Gasteiger partial charge in [0.1, 0.15) is 23.3 Å². The quantitative estimate of drug-likeness (QED) is 0.345. The number of fused-ring (bicyclic) bond motifs is 1. The van der Waals surface area contributed by atoms with E-state index >= 15 is 0 Å². The van der Waals surface area contributed by atoms with Crippen molar-refractivity contribution in [2.75, 3.05) is 11.5 Å². The highest BCUT2D eigenvalue weighted by Gasteiger charge is 2.48. The maximum absolute atomic E-state index is 13.2. The standard InChI is InChI=1S/C25H21NO5S/c1-14-10-12-32-24(14)21-20(22(28)16-8-9-19-15(13-16)5-4-11-31-19)23(29)25(30)26(21)17-6-2-3-7-18(17)27/h2-3,6-10,12-13,21,27-28H,4-5,11H2,1H3/b22-20-. The molecule has 2 aliphatic rings. The zero-order chi connectivity index (χ0) is 22.4. The van der Waals surface area contributed by atoms with Crippen LogP contribution >= 0.6 is 11.3 Å². The number of rotatable bonds is 3. The molecule has 1 saturated heterocycles. The number of phenols is 1. The molecular formula is C25H21NO5S. The van der Waals surface area contributed by atoms with Crippen molar-refractivity contribution >= 4 is 34.5 Å². The van der Waals surface area contributed by atoms with Crippen molar-refractivity contribution in [1.82, 2.24) is 0 Å². The van der Waals surface area contributed by atoms with Crippen LogP contribution in [0.25, 0.3) is 5.76 Å². The third-order valence-electron chi connectivity index (χ3n) is 5.92. The van der Waals surface area contributed by atoms with Crippen LogP contribution in [0.5, 0.6) is 11.5 Å². The number of carbonyl (C=O) groups is 2. The van der Waals surface area contributed by atoms with E-state index in [1.807, 2.05) is 24.4 Å². The highest BCUT2D eigenvalue weighted by molar-refractivity contribution is 7.10. The van der Waals surface area contributed by atoms with Crippen molar-refractivity contribution in [3.8, 4) is 11.5 Å². The maximum Gasteiger partial charge on any atom is 0.300 e. The van der Waals surface area contributed by atoms with Gasteiger partial charge in [-0.3, -0.25) is 14.5 Å². The average Bonchev–Trinajstić information content (AvgIpc) is 3.34. The number of aliphatic hydroxyl groups is 1. The predicted molar refractivity (Wildman–Crippen MR) is 122 cm³/mol. The Morgan fingerprint density at radius 3 is 2.72 bits per heavy atom. The Bertz CT molecular complexity index is 1270. The number of carbonyl (C=O) groups excluding carboxylic acids is 2. The number of ketones is 1. The molecule has 1 aromatic heterocycles. The number of nitrogens with zero attached hydrogens (tertiary/aromatic N) is 1. The van der Waals surface area contributed by atoms with Crippen LogP contribution in [0.4, 0.5) is 5.69 Å². The van der Waals surface area contributed by atoms with E-state index in [1.54, 1.807) is 30.3 Å². The molecule has 3 aromatic rings. The van der Waals surface area contributed by atoms with Crippen molar-refractivity contribution in [3.63, 3.8) is 0 Å². The van der Waals surface area contributed by atoms with E-state index in [9.17, 15) is 19.8 Å². The number of benzene rings is 2. The number of para-hydroxylation sites is 2. The van der Waals surface area contributed by atoms with Crippen LogP contribution < -0.4 is 9.64 Å². The molecule has 7 heteroatoms. The lowest BCUT2D eigenvalue weighted by Gasteiger charge is -2.25. The summed E-state index contributed by atoms with van der Waals surface area (Å²) < 4.78 is 5.65. The Kier molecular flexibility index (Phi) is 4.98. The first-order valence-corrected chi connectivity index (χ1v) is 11.2. The smallest absolute Gasteiger partial charge is 0.300 e. The zero-order valence-corrected chi connectivity index (χ0v) is 18.2. The van der Waals surface area contributed by atoms with Gasteiger partial charge >= 0.3 is 0 Å². The van der Waals surface area contributed by atoms with Gasteiger partial charge in [0.15, 0.2) is 0 Å². The van der Waals surface area contributed by atoms with Crippen LogP contribution in [0.15, 0.2) is 59.5 Å². The minimum Gasteiger partial charge on any atom is -0.507 e. The molecular weight excluding hydrogens is 426 g/mol. The van der Waals surface area contributed by atoms with Crippen molar-refractivity contribution in [2.45, 2.75) is 25.8 Å². The first-order valence-electron chi connectivity index (χ1n) is 10.4. The average molecular weight is 448 g/mol. The molecule has 1 atom stereocenters. The van der Waals surface area contributed by atoms with E-state index in [0.717, 1.165) is 34.6 Å². The molecule has 5 rings (SSSR count). The highest BCUT2D eigenvalue weighted by atomic mass is 32.1. The number of aryl methyl sites for hydroxylation is 2. The molecule has 2 aromatic carbocycles. The van der Waals surface area contributed by atoms with Gasteiger partial charge in [-0.25, -0.2) is 0 Å². The van der Waals surface area contributed by atoms with E-state index in [4.69, 9.17) is 4.74 Å². The third-order valence-corrected chi connectivity index (χ3v) is 6.99. The van der Waals surface area contributed by atoms with Crippen molar-refractivity contribution < 1.29 is 24.5 Å². The van der Waals surface area contributed by atoms with Gasteiger partial charge < -0.3 is 14.9 Å². The normalized spacial score (nSPS) is 19.7. The molecule has 32 heavy (non-hydrogen) atoms. The number of aliphatic hydroxyl groups excluding tert-OH is 1. The number of amides is 1. The van der Waals surface area contributed by atoms with Crippen molar-refractivity contribution in [1.29, 1.82) is 0 Å². The number of aromatic hydroxyl groups is 1. The van der Waals surface area contributed by atoms with E-state index in [2.05, 4.69) is 0 Å². The van der Waals surface area contributed by atoms with Gasteiger partial charge in [0.25, 0.3) is 11.7 Å². The maximum atomic E-state index is 13.2. The van der Waals surface area contributed by atoms with Crippen LogP contribution in [0.3, 0.4) is 0 Å². The molecule has 0 radical (unpaired) electrons. The molecule has 2 N–H and O–H groups in total. The van der Waals surface area contributed by atoms with Gasteiger partial charge in [-0.1, -0.05) is 12.1 Å². The molecule has 0 spiro atoms. The van der Waals surface area contributed by atoms with Gasteiger partial charge in [0.05, 0.1) is 17.9 Å². The third kappa shape index (κ3) is 3.17. The van der Waals surface area contributed by atoms with E-state index in [1.165, 1.54) is 22.3 Å². The molecule has 0 saturated carbocycles. The minimum absolute atomic E-state index is 0.0143. The number of anilines is 1. The molecule has 3 heterocycles. The monoisotopic (exact) mass is 447 g/mol. The van der Waals surface area contributed by atoms with Crippen LogP contribution in [0.1, 0.15) is 34.0 Å². The summed E-state index contributed by atoms with van der Waals surface area (Å²) in [5, 5.41) is 23.6. The number of phenolic OH excluding ortho intramolecular Hbond substituents is 1. The van der Waals surface area contributed by atoms with Crippen molar-refractivity contribution in [2.24, 2.45) is 0 Å². The minimum atomic E-state index is -0.837. The van der Waals surface area contributed by atoms with E-state index < -0.39 is 17.7 Å². The second kappa shape index (κ2) is 7.84. The molecule has 162 valence electrons. The lowest BCUT2D eigenvalue weighted by Crippen LogP contribution is -2.29. The van der Waals surface area contributed by atoms with Crippen LogP contribution in [0.2, 0.25) is 0 Å². The zero-order valence-electron chi connectivity index (χ0n) is 17.4.